The second-order valence-electron chi connectivity index (χ2n) is 10.1. The van der Waals surface area contributed by atoms with Gasteiger partial charge in [0.25, 0.3) is 0 Å². The number of likely N-dealkylation sites (tertiary alicyclic amines) is 1. The molecule has 0 aromatic rings. The summed E-state index contributed by atoms with van der Waals surface area (Å²) in [4.78, 5) is 20.4. The molecule has 0 N–H and O–H groups in total. The quantitative estimate of drug-likeness (QED) is 0.731. The van der Waals surface area contributed by atoms with Crippen LogP contribution in [0.4, 0.5) is 0 Å². The zero-order chi connectivity index (χ0) is 19.4. The summed E-state index contributed by atoms with van der Waals surface area (Å²) in [7, 11) is 0. The summed E-state index contributed by atoms with van der Waals surface area (Å²) in [6, 6.07) is 0.680. The molecule has 4 nitrogen and oxygen atoms in total. The van der Waals surface area contributed by atoms with E-state index in [1.807, 2.05) is 0 Å². The third kappa shape index (κ3) is 5.69. The highest BCUT2D eigenvalue weighted by molar-refractivity contribution is 5.79. The third-order valence-electron chi connectivity index (χ3n) is 7.64. The number of rotatable bonds is 5. The average Bonchev–Trinajstić information content (AvgIpc) is 2.68. The van der Waals surface area contributed by atoms with Gasteiger partial charge in [-0.05, 0) is 70.1 Å². The Morgan fingerprint density at radius 2 is 1.41 bits per heavy atom. The molecule has 0 unspecified atom stereocenters. The van der Waals surface area contributed by atoms with Crippen LogP contribution in [0.2, 0.25) is 0 Å². The molecule has 3 fully saturated rings. The van der Waals surface area contributed by atoms with E-state index in [1.54, 1.807) is 0 Å². The van der Waals surface area contributed by atoms with E-state index in [4.69, 9.17) is 0 Å². The Morgan fingerprint density at radius 3 is 1.93 bits per heavy atom. The largest absolute Gasteiger partial charge is 0.342 e. The van der Waals surface area contributed by atoms with Gasteiger partial charge in [0, 0.05) is 57.8 Å². The van der Waals surface area contributed by atoms with Gasteiger partial charge >= 0.3 is 0 Å². The topological polar surface area (TPSA) is 26.8 Å². The fourth-order valence-corrected chi connectivity index (χ4v) is 5.46. The second kappa shape index (κ2) is 9.73. The molecule has 27 heavy (non-hydrogen) atoms. The van der Waals surface area contributed by atoms with E-state index in [9.17, 15) is 4.79 Å². The average molecular weight is 378 g/mol. The van der Waals surface area contributed by atoms with Gasteiger partial charge in [0.05, 0.1) is 0 Å². The highest BCUT2D eigenvalue weighted by atomic mass is 16.2. The molecule has 3 aliphatic rings. The lowest BCUT2D eigenvalue weighted by Gasteiger charge is -2.40. The molecule has 156 valence electrons. The van der Waals surface area contributed by atoms with Gasteiger partial charge in [-0.2, -0.15) is 0 Å². The van der Waals surface area contributed by atoms with Crippen molar-refractivity contribution in [2.75, 3.05) is 45.8 Å². The third-order valence-corrected chi connectivity index (χ3v) is 7.64. The van der Waals surface area contributed by atoms with Crippen LogP contribution in [0.3, 0.4) is 0 Å². The second-order valence-corrected chi connectivity index (χ2v) is 10.1. The van der Waals surface area contributed by atoms with Gasteiger partial charge in [0.2, 0.25) is 5.91 Å². The van der Waals surface area contributed by atoms with Crippen LogP contribution in [0, 0.1) is 23.7 Å². The number of carbonyl (C=O) groups excluding carboxylic acids is 1. The van der Waals surface area contributed by atoms with Crippen molar-refractivity contribution in [2.45, 2.75) is 72.3 Å². The van der Waals surface area contributed by atoms with E-state index >= 15 is 0 Å². The van der Waals surface area contributed by atoms with Gasteiger partial charge in [-0.15, -0.1) is 0 Å². The highest BCUT2D eigenvalue weighted by Crippen LogP contribution is 2.32. The SMILES string of the molecule is CC(C)C1CCN(C(=O)C2CCC(CN3CCN(C(C)C)CC3)CC2)CC1. The number of hydrogen-bond donors (Lipinski definition) is 0. The molecule has 1 aliphatic carbocycles. The molecule has 0 atom stereocenters. The number of hydrogen-bond acceptors (Lipinski definition) is 3. The van der Waals surface area contributed by atoms with Crippen LogP contribution in [-0.2, 0) is 4.79 Å². The number of amides is 1. The van der Waals surface area contributed by atoms with E-state index in [0.717, 1.165) is 43.7 Å². The van der Waals surface area contributed by atoms with Gasteiger partial charge in [0.15, 0.2) is 0 Å². The van der Waals surface area contributed by atoms with Gasteiger partial charge in [-0.1, -0.05) is 13.8 Å². The lowest BCUT2D eigenvalue weighted by molar-refractivity contribution is -0.138. The number of carbonyl (C=O) groups is 1. The molecule has 2 heterocycles. The first-order valence-corrected chi connectivity index (χ1v) is 11.7. The summed E-state index contributed by atoms with van der Waals surface area (Å²) in [5.74, 6) is 3.18. The summed E-state index contributed by atoms with van der Waals surface area (Å²) in [6.07, 6.45) is 7.17. The van der Waals surface area contributed by atoms with Crippen LogP contribution in [0.25, 0.3) is 0 Å². The summed E-state index contributed by atoms with van der Waals surface area (Å²) >= 11 is 0. The number of piperidine rings is 1. The smallest absolute Gasteiger partial charge is 0.225 e. The molecule has 0 spiro atoms. The Kier molecular flexibility index (Phi) is 7.61. The highest BCUT2D eigenvalue weighted by Gasteiger charge is 2.32. The van der Waals surface area contributed by atoms with E-state index in [-0.39, 0.29) is 0 Å². The molecular formula is C23H43N3O. The van der Waals surface area contributed by atoms with E-state index in [2.05, 4.69) is 42.4 Å². The predicted octanol–water partition coefficient (Wildman–Crippen LogP) is 3.71. The Labute approximate surface area is 167 Å². The van der Waals surface area contributed by atoms with Crippen molar-refractivity contribution in [1.82, 2.24) is 14.7 Å². The first kappa shape index (κ1) is 21.1. The maximum absolute atomic E-state index is 12.9. The summed E-state index contributed by atoms with van der Waals surface area (Å²) < 4.78 is 0. The van der Waals surface area contributed by atoms with Gasteiger partial charge in [-0.3, -0.25) is 9.69 Å². The summed E-state index contributed by atoms with van der Waals surface area (Å²) in [5.41, 5.74) is 0. The van der Waals surface area contributed by atoms with Crippen molar-refractivity contribution in [3.05, 3.63) is 0 Å². The molecule has 0 radical (unpaired) electrons. The Bertz CT molecular complexity index is 454. The molecule has 2 aliphatic heterocycles. The standard InChI is InChI=1S/C23H43N3O/c1-18(2)21-9-11-26(12-10-21)23(27)22-7-5-20(6-8-22)17-24-13-15-25(16-14-24)19(3)4/h18-22H,5-17H2,1-4H3. The van der Waals surface area contributed by atoms with Crippen LogP contribution in [0.15, 0.2) is 0 Å². The zero-order valence-electron chi connectivity index (χ0n) is 18.3. The number of nitrogens with zero attached hydrogens (tertiary/aromatic N) is 3. The minimum absolute atomic E-state index is 0.314. The van der Waals surface area contributed by atoms with Crippen molar-refractivity contribution in [3.63, 3.8) is 0 Å². The van der Waals surface area contributed by atoms with Crippen molar-refractivity contribution in [3.8, 4) is 0 Å². The Hall–Kier alpha value is -0.610. The molecule has 1 saturated carbocycles. The van der Waals surface area contributed by atoms with E-state index < -0.39 is 0 Å². The van der Waals surface area contributed by atoms with Gasteiger partial charge in [0.1, 0.15) is 0 Å². The normalized spacial score (nSPS) is 29.6. The molecule has 1 amide bonds. The molecular weight excluding hydrogens is 334 g/mol. The summed E-state index contributed by atoms with van der Waals surface area (Å²) in [5, 5.41) is 0. The van der Waals surface area contributed by atoms with Crippen LogP contribution in [0.1, 0.15) is 66.2 Å². The predicted molar refractivity (Wildman–Crippen MR) is 113 cm³/mol. The van der Waals surface area contributed by atoms with Crippen LogP contribution >= 0.6 is 0 Å². The molecule has 0 aromatic carbocycles. The van der Waals surface area contributed by atoms with E-state index in [0.29, 0.717) is 17.9 Å². The number of piperazine rings is 1. The van der Waals surface area contributed by atoms with Crippen LogP contribution < -0.4 is 0 Å². The zero-order valence-corrected chi connectivity index (χ0v) is 18.3. The van der Waals surface area contributed by atoms with Crippen LogP contribution in [0.5, 0.6) is 0 Å². The van der Waals surface area contributed by atoms with Crippen molar-refractivity contribution in [2.24, 2.45) is 23.7 Å². The minimum atomic E-state index is 0.314. The summed E-state index contributed by atoms with van der Waals surface area (Å²) in [6.45, 7) is 17.4. The van der Waals surface area contributed by atoms with Crippen molar-refractivity contribution >= 4 is 5.91 Å². The maximum Gasteiger partial charge on any atom is 0.225 e. The first-order valence-electron chi connectivity index (χ1n) is 11.7. The van der Waals surface area contributed by atoms with Crippen molar-refractivity contribution < 1.29 is 4.79 Å². The first-order chi connectivity index (χ1) is 12.9. The Balaban J connectivity index is 1.36. The fourth-order valence-electron chi connectivity index (χ4n) is 5.46. The van der Waals surface area contributed by atoms with E-state index in [1.165, 1.54) is 58.4 Å². The van der Waals surface area contributed by atoms with Gasteiger partial charge in [-0.25, -0.2) is 0 Å². The molecule has 2 saturated heterocycles. The monoisotopic (exact) mass is 377 g/mol. The fraction of sp³-hybridized carbons (Fsp3) is 0.957. The molecule has 0 bridgehead atoms. The Morgan fingerprint density at radius 1 is 0.815 bits per heavy atom. The maximum atomic E-state index is 12.9. The molecule has 0 aromatic heterocycles. The van der Waals surface area contributed by atoms with Gasteiger partial charge < -0.3 is 9.80 Å². The minimum Gasteiger partial charge on any atom is -0.342 e. The lowest BCUT2D eigenvalue weighted by atomic mass is 9.80. The molecule has 3 rings (SSSR count). The molecule has 4 heteroatoms. The lowest BCUT2D eigenvalue weighted by Crippen LogP contribution is -2.50. The van der Waals surface area contributed by atoms with Crippen molar-refractivity contribution in [1.29, 1.82) is 0 Å². The van der Waals surface area contributed by atoms with Crippen LogP contribution in [-0.4, -0.2) is 72.5 Å².